The number of halogens is 24. The molecule has 0 atom stereocenters. The molecule has 5 aromatic carbocycles. The van der Waals surface area contributed by atoms with Crippen molar-refractivity contribution in [1.29, 1.82) is 0 Å². The third-order valence-electron chi connectivity index (χ3n) is 10.7. The molecule has 0 spiro atoms. The van der Waals surface area contributed by atoms with E-state index in [-0.39, 0.29) is 22.6 Å². The van der Waals surface area contributed by atoms with Gasteiger partial charge >= 0.3 is 55.4 Å². The average molecular weight is 1130 g/mol. The minimum Gasteiger partial charge on any atom is -0.462 e. The Kier molecular flexibility index (Phi) is 17.7. The lowest BCUT2D eigenvalue weighted by Gasteiger charge is -2.46. The van der Waals surface area contributed by atoms with Crippen LogP contribution in [0.25, 0.3) is 0 Å². The average Bonchev–Trinajstić information content (AvgIpc) is 3.26. The first kappa shape index (κ1) is 61.5. The van der Waals surface area contributed by atoms with Gasteiger partial charge in [0.25, 0.3) is 0 Å². The van der Waals surface area contributed by atoms with Crippen LogP contribution in [0.1, 0.15) is 78.6 Å². The van der Waals surface area contributed by atoms with Crippen LogP contribution in [0.15, 0.2) is 97.1 Å². The second-order valence-electron chi connectivity index (χ2n) is 16.5. The summed E-state index contributed by atoms with van der Waals surface area (Å²) in [6.07, 6.45) is -49.9. The minimum absolute atomic E-state index is 0.0942. The molecule has 0 radical (unpaired) electrons. The lowest BCUT2D eigenvalue weighted by Crippen LogP contribution is -2.75. The summed E-state index contributed by atoms with van der Waals surface area (Å²) in [6.45, 7) is 2.37. The molecule has 0 heterocycles. The van der Waals surface area contributed by atoms with Gasteiger partial charge in [0.1, 0.15) is 6.15 Å². The highest BCUT2D eigenvalue weighted by molar-refractivity contribution is 7.96. The maximum Gasteiger partial charge on any atom is 0.416 e. The first-order valence-corrected chi connectivity index (χ1v) is 22.7. The zero-order valence-corrected chi connectivity index (χ0v) is 38.5. The van der Waals surface area contributed by atoms with Crippen molar-refractivity contribution in [3.63, 3.8) is 0 Å². The van der Waals surface area contributed by atoms with E-state index < -0.39 is 195 Å². The van der Waals surface area contributed by atoms with Gasteiger partial charge in [0, 0.05) is 5.56 Å². The van der Waals surface area contributed by atoms with E-state index in [0.717, 1.165) is 6.42 Å². The van der Waals surface area contributed by atoms with Gasteiger partial charge in [-0.05, 0) is 53.7 Å². The number of hydrogen-bond donors (Lipinski definition) is 0. The Balaban J connectivity index is 0.000000569. The van der Waals surface area contributed by atoms with Crippen LogP contribution in [0.3, 0.4) is 0 Å². The zero-order chi connectivity index (χ0) is 57.5. The van der Waals surface area contributed by atoms with E-state index in [9.17, 15) is 115 Å². The molecule has 0 amide bonds. The predicted molar refractivity (Wildman–Crippen MR) is 225 cm³/mol. The summed E-state index contributed by atoms with van der Waals surface area (Å²) in [5.74, 6) is 0.345. The third kappa shape index (κ3) is 15.1. The Morgan fingerprint density at radius 3 is 0.787 bits per heavy atom. The highest BCUT2D eigenvalue weighted by atomic mass is 32.2. The maximum atomic E-state index is 14.2. The third-order valence-corrected chi connectivity index (χ3v) is 11.6. The van der Waals surface area contributed by atoms with Crippen LogP contribution in [-0.4, -0.2) is 42.8 Å². The van der Waals surface area contributed by atoms with Crippen molar-refractivity contribution < 1.29 is 120 Å². The molecule has 3 nitrogen and oxygen atoms in total. The fraction of sp³-hybridized carbons (Fsp3) is 0.304. The van der Waals surface area contributed by atoms with Crippen molar-refractivity contribution in [2.45, 2.75) is 62.8 Å². The molecule has 0 aliphatic heterocycles. The number of carbonyl (C=O) groups is 2. The molecule has 0 saturated carbocycles. The molecule has 29 heteroatoms. The number of alkyl halides is 24. The van der Waals surface area contributed by atoms with Crippen molar-refractivity contribution in [2.75, 3.05) is 24.9 Å². The number of esters is 1. The van der Waals surface area contributed by atoms with Crippen molar-refractivity contribution in [2.24, 2.45) is 0 Å². The smallest absolute Gasteiger partial charge is 0.416 e. The maximum absolute atomic E-state index is 14.2. The number of Topliss-reactive ketones (excluding diaryl/α,β-unsaturated/α-hetero) is 1. The van der Waals surface area contributed by atoms with E-state index in [0.29, 0.717) is 23.5 Å². The minimum atomic E-state index is -6.13. The highest BCUT2D eigenvalue weighted by Gasteiger charge is 2.47. The van der Waals surface area contributed by atoms with Gasteiger partial charge in [-0.2, -0.15) is 127 Å². The topological polar surface area (TPSA) is 43.4 Å². The number of carbonyl (C=O) groups excluding carboxylic acids is 2. The zero-order valence-electron chi connectivity index (χ0n) is 37.6. The first-order valence-electron chi connectivity index (χ1n) is 20.5. The van der Waals surface area contributed by atoms with Crippen LogP contribution in [0.2, 0.25) is 0 Å². The Morgan fingerprint density at radius 1 is 0.387 bits per heavy atom. The quantitative estimate of drug-likeness (QED) is 0.0460. The monoisotopic (exact) mass is 1130 g/mol. The van der Waals surface area contributed by atoms with Crippen LogP contribution in [0.4, 0.5) is 105 Å². The molecule has 5 aromatic rings. The van der Waals surface area contributed by atoms with Gasteiger partial charge in [0.15, 0.2) is 5.75 Å². The summed E-state index contributed by atoms with van der Waals surface area (Å²) < 4.78 is 346. The van der Waals surface area contributed by atoms with Gasteiger partial charge in [0.05, 0.1) is 69.2 Å². The van der Waals surface area contributed by atoms with Crippen molar-refractivity contribution >= 4 is 50.6 Å². The molecule has 5 rings (SSSR count). The van der Waals surface area contributed by atoms with Gasteiger partial charge in [-0.3, -0.25) is 4.79 Å². The summed E-state index contributed by atoms with van der Waals surface area (Å²) in [6, 6.07) is -2.13. The molecule has 0 unspecified atom stereocenters. The molecular formula is C46H31BF24O3S. The number of ether oxygens (including phenoxy) is 1. The van der Waals surface area contributed by atoms with E-state index in [2.05, 4.69) is 0 Å². The van der Waals surface area contributed by atoms with Crippen molar-refractivity contribution in [3.05, 3.63) is 153 Å². The summed E-state index contributed by atoms with van der Waals surface area (Å²) in [7, 11) is 0.0942. The molecule has 75 heavy (non-hydrogen) atoms. The van der Waals surface area contributed by atoms with Gasteiger partial charge in [-0.25, -0.2) is 4.79 Å². The number of rotatable bonds is 10. The Hall–Kier alpha value is -6.03. The second kappa shape index (κ2) is 21.5. The summed E-state index contributed by atoms with van der Waals surface area (Å²) in [4.78, 5) is 23.4. The molecule has 0 bridgehead atoms. The first-order chi connectivity index (χ1) is 33.8. The van der Waals surface area contributed by atoms with Gasteiger partial charge in [-0.1, -0.05) is 67.6 Å². The van der Waals surface area contributed by atoms with Gasteiger partial charge < -0.3 is 4.74 Å². The molecule has 0 aliphatic rings. The van der Waals surface area contributed by atoms with E-state index in [1.807, 2.05) is 19.4 Å². The molecule has 0 aromatic heterocycles. The fourth-order valence-electron chi connectivity index (χ4n) is 7.49. The van der Waals surface area contributed by atoms with Gasteiger partial charge in [-0.15, -0.1) is 0 Å². The standard InChI is InChI=1S/C32H12BF24.C14H19O3S/c34-25(35,36)13-1-14(26(37,38)39)6-21(5-13)33(22-7-15(27(40,41)42)2-16(8-22)28(43,44)45,23-9-17(29(46,47)48)3-18(10-23)30(49,50)51)24-11-19(31(52,53)54)4-20(12-24)32(55,56)57;1-4-9-17-14(16)12-7-5-11(6-8-12)13(15)10-18(2)3/h1-12H;5-8H,4,9-10H2,1-3H3/q-1;+1. The largest absolute Gasteiger partial charge is 0.462 e. The number of benzene rings is 5. The van der Waals surface area contributed by atoms with E-state index in [1.165, 1.54) is 0 Å². The Labute approximate surface area is 410 Å². The van der Waals surface area contributed by atoms with E-state index in [1.54, 1.807) is 24.3 Å². The predicted octanol–water partition coefficient (Wildman–Crippen LogP) is 13.5. The Morgan fingerprint density at radius 2 is 0.600 bits per heavy atom. The molecule has 0 N–H and O–H groups in total. The normalized spacial score (nSPS) is 13.4. The lowest BCUT2D eigenvalue weighted by molar-refractivity contribution is -0.144. The highest BCUT2D eigenvalue weighted by Crippen LogP contribution is 2.41. The molecular weight excluding hydrogens is 1100 g/mol. The SMILES string of the molecule is CCCOC(=O)c1ccc(C(=O)C[S+](C)C)cc1.FC(F)(F)c1cc([B-](c2cc(C(F)(F)F)cc(C(F)(F)F)c2)(c2cc(C(F)(F)F)cc(C(F)(F)F)c2)c2cc(C(F)(F)F)cc(C(F)(F)F)c2)cc(C(F)(F)F)c1. The molecule has 410 valence electrons. The van der Waals surface area contributed by atoms with Crippen LogP contribution in [-0.2, 0) is 65.0 Å². The van der Waals surface area contributed by atoms with Crippen LogP contribution >= 0.6 is 0 Å². The van der Waals surface area contributed by atoms with Crippen LogP contribution in [0, 0.1) is 0 Å². The van der Waals surface area contributed by atoms with E-state index >= 15 is 0 Å². The number of hydrogen-bond acceptors (Lipinski definition) is 3. The van der Waals surface area contributed by atoms with Crippen molar-refractivity contribution in [3.8, 4) is 0 Å². The van der Waals surface area contributed by atoms with E-state index in [4.69, 9.17) is 4.74 Å². The lowest BCUT2D eigenvalue weighted by atomic mass is 9.12. The summed E-state index contributed by atoms with van der Waals surface area (Å²) in [5, 5.41) is 0. The molecule has 0 fully saturated rings. The second-order valence-corrected chi connectivity index (χ2v) is 18.7. The molecule has 0 saturated heterocycles. The van der Waals surface area contributed by atoms with Crippen LogP contribution in [0.5, 0.6) is 0 Å². The fourth-order valence-corrected chi connectivity index (χ4v) is 8.18. The summed E-state index contributed by atoms with van der Waals surface area (Å²) >= 11 is 0. The van der Waals surface area contributed by atoms with Crippen molar-refractivity contribution in [1.82, 2.24) is 0 Å². The Bertz CT molecular complexity index is 2410. The summed E-state index contributed by atoms with van der Waals surface area (Å²) in [5.41, 5.74) is -29.1. The molecule has 0 aliphatic carbocycles. The van der Waals surface area contributed by atoms with Gasteiger partial charge in [0.2, 0.25) is 5.78 Å². The number of ketones is 1. The van der Waals surface area contributed by atoms with Crippen LogP contribution < -0.4 is 21.9 Å².